The minimum Gasteiger partial charge on any atom is -0.361 e. The molecule has 0 aliphatic carbocycles. The van der Waals surface area contributed by atoms with Crippen molar-refractivity contribution in [1.29, 1.82) is 0 Å². The Bertz CT molecular complexity index is 639. The topological polar surface area (TPSA) is 103 Å². The van der Waals surface area contributed by atoms with Crippen LogP contribution in [0.4, 0.5) is 0 Å². The predicted molar refractivity (Wildman–Crippen MR) is 80.1 cm³/mol. The number of fused-ring (bicyclic) bond motifs is 1. The third-order valence-corrected chi connectivity index (χ3v) is 3.27. The molecule has 0 aliphatic heterocycles. The van der Waals surface area contributed by atoms with Gasteiger partial charge in [-0.25, -0.2) is 11.0 Å². The van der Waals surface area contributed by atoms with E-state index in [-0.39, 0.29) is 12.3 Å². The molecule has 0 unspecified atom stereocenters. The third-order valence-electron chi connectivity index (χ3n) is 3.27. The summed E-state index contributed by atoms with van der Waals surface area (Å²) in [5, 5.41) is 9.30. The molecule has 1 aromatic heterocycles. The van der Waals surface area contributed by atoms with Gasteiger partial charge in [0.25, 0.3) is 5.91 Å². The number of H-pyrrole nitrogens is 1. The molecule has 0 atom stereocenters. The van der Waals surface area contributed by atoms with E-state index in [9.17, 15) is 9.59 Å². The Labute approximate surface area is 127 Å². The average molecular weight is 305 g/mol. The van der Waals surface area contributed by atoms with Crippen molar-refractivity contribution in [3.63, 3.8) is 0 Å². The van der Waals surface area contributed by atoms with E-state index in [1.165, 1.54) is 0 Å². The van der Waals surface area contributed by atoms with Crippen molar-refractivity contribution < 1.29 is 19.6 Å². The van der Waals surface area contributed by atoms with Crippen molar-refractivity contribution in [2.45, 2.75) is 25.7 Å². The molecule has 0 bridgehead atoms. The molecule has 0 aliphatic rings. The molecule has 1 heterocycles. The van der Waals surface area contributed by atoms with Gasteiger partial charge in [0.1, 0.15) is 0 Å². The largest absolute Gasteiger partial charge is 0.361 e. The van der Waals surface area contributed by atoms with Gasteiger partial charge >= 0.3 is 0 Å². The van der Waals surface area contributed by atoms with Crippen molar-refractivity contribution in [2.75, 3.05) is 6.61 Å². The van der Waals surface area contributed by atoms with Gasteiger partial charge in [-0.2, -0.15) is 0 Å². The van der Waals surface area contributed by atoms with Crippen molar-refractivity contribution in [1.82, 2.24) is 15.9 Å². The maximum absolute atomic E-state index is 12.0. The average Bonchev–Trinajstić information content (AvgIpc) is 3.01. The lowest BCUT2D eigenvalue weighted by molar-refractivity contribution is -0.129. The van der Waals surface area contributed by atoms with Crippen LogP contribution in [0.25, 0.3) is 10.9 Å². The number of aromatic nitrogens is 1. The number of carbonyl (C=O) groups is 2. The molecule has 0 fully saturated rings. The molecule has 118 valence electrons. The minimum absolute atomic E-state index is 0.275. The van der Waals surface area contributed by atoms with Gasteiger partial charge in [-0.3, -0.25) is 19.6 Å². The normalized spacial score (nSPS) is 10.6. The number of hydrogen-bond donors (Lipinski definition) is 4. The summed E-state index contributed by atoms with van der Waals surface area (Å²) in [4.78, 5) is 31.0. The van der Waals surface area contributed by atoms with Crippen LogP contribution in [0.2, 0.25) is 0 Å². The van der Waals surface area contributed by atoms with Crippen LogP contribution in [0.5, 0.6) is 0 Å². The van der Waals surface area contributed by atoms with Gasteiger partial charge in [-0.15, -0.1) is 0 Å². The Morgan fingerprint density at radius 2 is 2.05 bits per heavy atom. The van der Waals surface area contributed by atoms with Gasteiger partial charge in [-0.1, -0.05) is 18.6 Å². The molecule has 1 aromatic carbocycles. The lowest BCUT2D eigenvalue weighted by Crippen LogP contribution is -2.24. The predicted octanol–water partition coefficient (Wildman–Crippen LogP) is 1.90. The van der Waals surface area contributed by atoms with E-state index in [1.54, 1.807) is 17.7 Å². The van der Waals surface area contributed by atoms with Crippen molar-refractivity contribution in [3.05, 3.63) is 36.0 Å². The SMILES string of the molecule is O=C(CCCCCONC(=O)c1cccc2cc[nH]c12)NO. The second-order valence-electron chi connectivity index (χ2n) is 4.87. The number of nitrogens with one attached hydrogen (secondary N) is 3. The lowest BCUT2D eigenvalue weighted by atomic mass is 10.1. The van der Waals surface area contributed by atoms with Crippen LogP contribution in [-0.2, 0) is 9.63 Å². The number of amides is 2. The zero-order valence-corrected chi connectivity index (χ0v) is 12.1. The Kier molecular flexibility index (Phi) is 5.93. The molecular weight excluding hydrogens is 286 g/mol. The standard InChI is InChI=1S/C15H19N3O4/c19-13(17-21)7-2-1-3-10-22-18-15(20)12-6-4-5-11-8-9-16-14(11)12/h4-6,8-9,16,21H,1-3,7,10H2,(H,17,19)(H,18,20). The van der Waals surface area contributed by atoms with E-state index in [0.717, 1.165) is 17.3 Å². The van der Waals surface area contributed by atoms with E-state index in [0.29, 0.717) is 25.0 Å². The van der Waals surface area contributed by atoms with Crippen LogP contribution in [-0.4, -0.2) is 28.6 Å². The number of rotatable bonds is 8. The summed E-state index contributed by atoms with van der Waals surface area (Å²) in [5.74, 6) is -0.694. The van der Waals surface area contributed by atoms with E-state index >= 15 is 0 Å². The highest BCUT2D eigenvalue weighted by Crippen LogP contribution is 2.16. The smallest absolute Gasteiger partial charge is 0.276 e. The number of hydrogen-bond acceptors (Lipinski definition) is 4. The Morgan fingerprint density at radius 1 is 1.18 bits per heavy atom. The highest BCUT2D eigenvalue weighted by molar-refractivity contribution is 6.05. The second kappa shape index (κ2) is 8.16. The third kappa shape index (κ3) is 4.31. The summed E-state index contributed by atoms with van der Waals surface area (Å²) in [6, 6.07) is 7.36. The molecule has 0 saturated heterocycles. The fourth-order valence-electron chi connectivity index (χ4n) is 2.14. The summed E-state index contributed by atoms with van der Waals surface area (Å²) < 4.78 is 0. The van der Waals surface area contributed by atoms with E-state index in [1.807, 2.05) is 18.2 Å². The number of para-hydroxylation sites is 1. The van der Waals surface area contributed by atoms with Crippen LogP contribution in [0.1, 0.15) is 36.0 Å². The minimum atomic E-state index is -0.395. The summed E-state index contributed by atoms with van der Waals surface area (Å²) in [6.45, 7) is 0.368. The first-order valence-electron chi connectivity index (χ1n) is 7.13. The first-order chi connectivity index (χ1) is 10.7. The second-order valence-corrected chi connectivity index (χ2v) is 4.87. The van der Waals surface area contributed by atoms with Crippen molar-refractivity contribution in [3.8, 4) is 0 Å². The summed E-state index contributed by atoms with van der Waals surface area (Å²) in [7, 11) is 0. The van der Waals surface area contributed by atoms with Crippen LogP contribution >= 0.6 is 0 Å². The van der Waals surface area contributed by atoms with Crippen molar-refractivity contribution in [2.24, 2.45) is 0 Å². The first-order valence-corrected chi connectivity index (χ1v) is 7.13. The number of unbranched alkanes of at least 4 members (excludes halogenated alkanes) is 2. The summed E-state index contributed by atoms with van der Waals surface area (Å²) >= 11 is 0. The fraction of sp³-hybridized carbons (Fsp3) is 0.333. The molecule has 0 spiro atoms. The van der Waals surface area contributed by atoms with E-state index in [4.69, 9.17) is 10.0 Å². The highest BCUT2D eigenvalue weighted by atomic mass is 16.6. The van der Waals surface area contributed by atoms with Crippen LogP contribution in [0, 0.1) is 0 Å². The monoisotopic (exact) mass is 305 g/mol. The van der Waals surface area contributed by atoms with Gasteiger partial charge in [-0.05, 0) is 25.0 Å². The first kappa shape index (κ1) is 16.0. The molecular formula is C15H19N3O4. The number of carbonyl (C=O) groups excluding carboxylic acids is 2. The van der Waals surface area contributed by atoms with Gasteiger partial charge in [0, 0.05) is 18.0 Å². The zero-order valence-electron chi connectivity index (χ0n) is 12.1. The summed E-state index contributed by atoms with van der Waals surface area (Å²) in [5.41, 5.74) is 5.30. The number of benzene rings is 1. The Morgan fingerprint density at radius 3 is 2.86 bits per heavy atom. The van der Waals surface area contributed by atoms with Gasteiger partial charge in [0.2, 0.25) is 5.91 Å². The summed E-state index contributed by atoms with van der Waals surface area (Å²) in [6.07, 6.45) is 4.20. The van der Waals surface area contributed by atoms with Crippen LogP contribution in [0.15, 0.2) is 30.5 Å². The molecule has 22 heavy (non-hydrogen) atoms. The molecule has 7 nitrogen and oxygen atoms in total. The van der Waals surface area contributed by atoms with Crippen molar-refractivity contribution >= 4 is 22.7 Å². The van der Waals surface area contributed by atoms with Gasteiger partial charge in [0.15, 0.2) is 0 Å². The maximum atomic E-state index is 12.0. The Hall–Kier alpha value is -2.38. The van der Waals surface area contributed by atoms with Gasteiger partial charge < -0.3 is 4.98 Å². The molecule has 4 N–H and O–H groups in total. The lowest BCUT2D eigenvalue weighted by Gasteiger charge is -2.07. The van der Waals surface area contributed by atoms with E-state index in [2.05, 4.69) is 10.5 Å². The zero-order chi connectivity index (χ0) is 15.8. The molecule has 7 heteroatoms. The van der Waals surface area contributed by atoms with Crippen LogP contribution in [0.3, 0.4) is 0 Å². The fourth-order valence-corrected chi connectivity index (χ4v) is 2.14. The molecule has 2 rings (SSSR count). The molecule has 0 radical (unpaired) electrons. The van der Waals surface area contributed by atoms with Crippen LogP contribution < -0.4 is 11.0 Å². The quantitative estimate of drug-likeness (QED) is 0.340. The van der Waals surface area contributed by atoms with Gasteiger partial charge in [0.05, 0.1) is 17.7 Å². The molecule has 0 saturated carbocycles. The maximum Gasteiger partial charge on any atom is 0.276 e. The van der Waals surface area contributed by atoms with E-state index < -0.39 is 5.91 Å². The molecule has 2 aromatic rings. The number of hydroxylamine groups is 2. The molecule has 2 amide bonds. The Balaban J connectivity index is 1.68. The number of aromatic amines is 1. The highest BCUT2D eigenvalue weighted by Gasteiger charge is 2.10.